The normalized spacial score (nSPS) is 25.1. The summed E-state index contributed by atoms with van der Waals surface area (Å²) in [5, 5.41) is 8.42. The van der Waals surface area contributed by atoms with E-state index >= 15 is 0 Å². The molecule has 1 aliphatic heterocycles. The number of likely N-dealkylation sites (N-methyl/N-ethyl adjacent to an activating group) is 1. The smallest absolute Gasteiger partial charge is 0.291 e. The molecule has 1 fully saturated rings. The van der Waals surface area contributed by atoms with Gasteiger partial charge in [-0.1, -0.05) is 0 Å². The maximum Gasteiger partial charge on any atom is 0.291 e. The number of ketones is 1. The monoisotopic (exact) mass is 152 g/mol. The zero-order valence-electron chi connectivity index (χ0n) is 6.20. The van der Waals surface area contributed by atoms with Crippen LogP contribution in [0.5, 0.6) is 0 Å². The summed E-state index contributed by atoms with van der Waals surface area (Å²) in [6, 6.07) is 1.81. The predicted molar refractivity (Wildman–Crippen MR) is 36.4 cm³/mol. The number of hydrogen-bond acceptors (Lipinski definition) is 3. The molecule has 1 rings (SSSR count). The van der Waals surface area contributed by atoms with Crippen LogP contribution in [0, 0.1) is 17.2 Å². The lowest BCUT2D eigenvalue weighted by molar-refractivity contribution is -0.147. The van der Waals surface area contributed by atoms with Gasteiger partial charge in [0.1, 0.15) is 5.92 Å². The summed E-state index contributed by atoms with van der Waals surface area (Å²) < 4.78 is 0. The molecule has 0 bridgehead atoms. The molecule has 11 heavy (non-hydrogen) atoms. The summed E-state index contributed by atoms with van der Waals surface area (Å²) in [5.41, 5.74) is 0. The van der Waals surface area contributed by atoms with E-state index in [-0.39, 0.29) is 0 Å². The Bertz CT molecular complexity index is 241. The van der Waals surface area contributed by atoms with Crippen molar-refractivity contribution in [3.05, 3.63) is 0 Å². The lowest BCUT2D eigenvalue weighted by Crippen LogP contribution is -2.43. The first-order valence-corrected chi connectivity index (χ1v) is 3.35. The molecule has 0 N–H and O–H groups in total. The van der Waals surface area contributed by atoms with Gasteiger partial charge in [-0.3, -0.25) is 9.59 Å². The van der Waals surface area contributed by atoms with Crippen LogP contribution in [0.15, 0.2) is 0 Å². The quantitative estimate of drug-likeness (QED) is 0.442. The van der Waals surface area contributed by atoms with E-state index in [2.05, 4.69) is 0 Å². The molecule has 1 unspecified atom stereocenters. The van der Waals surface area contributed by atoms with E-state index < -0.39 is 17.6 Å². The molecule has 0 aliphatic carbocycles. The molecule has 0 spiro atoms. The van der Waals surface area contributed by atoms with E-state index in [0.717, 1.165) is 0 Å². The molecule has 0 radical (unpaired) electrons. The Morgan fingerprint density at radius 3 is 2.82 bits per heavy atom. The van der Waals surface area contributed by atoms with E-state index in [1.54, 1.807) is 7.05 Å². The Hall–Kier alpha value is -1.37. The second-order valence-corrected chi connectivity index (χ2v) is 2.56. The zero-order valence-corrected chi connectivity index (χ0v) is 6.20. The summed E-state index contributed by atoms with van der Waals surface area (Å²) in [6.07, 6.45) is 0.470. The Morgan fingerprint density at radius 1 is 1.64 bits per heavy atom. The van der Waals surface area contributed by atoms with Crippen LogP contribution in [-0.2, 0) is 9.59 Å². The Morgan fingerprint density at radius 2 is 2.27 bits per heavy atom. The SMILES string of the molecule is CN1CCC(C#N)C(=O)C1=O. The number of nitrogens with zero attached hydrogens (tertiary/aromatic N) is 2. The highest BCUT2D eigenvalue weighted by Crippen LogP contribution is 2.11. The highest BCUT2D eigenvalue weighted by molar-refractivity contribution is 6.37. The summed E-state index contributed by atoms with van der Waals surface area (Å²) in [4.78, 5) is 23.2. The largest absolute Gasteiger partial charge is 0.339 e. The van der Waals surface area contributed by atoms with Crippen molar-refractivity contribution >= 4 is 11.7 Å². The number of carbonyl (C=O) groups is 2. The molecule has 4 heteroatoms. The van der Waals surface area contributed by atoms with Crippen molar-refractivity contribution in [2.45, 2.75) is 6.42 Å². The van der Waals surface area contributed by atoms with E-state index in [1.165, 1.54) is 4.90 Å². The molecular weight excluding hydrogens is 144 g/mol. The second kappa shape index (κ2) is 2.70. The van der Waals surface area contributed by atoms with Crippen LogP contribution in [0.4, 0.5) is 0 Å². The molecule has 1 atom stereocenters. The van der Waals surface area contributed by atoms with Crippen molar-refractivity contribution < 1.29 is 9.59 Å². The van der Waals surface area contributed by atoms with E-state index in [0.29, 0.717) is 13.0 Å². The van der Waals surface area contributed by atoms with Crippen molar-refractivity contribution in [2.75, 3.05) is 13.6 Å². The fourth-order valence-electron chi connectivity index (χ4n) is 1.02. The molecule has 58 valence electrons. The standard InChI is InChI=1S/C7H8N2O2/c1-9-3-2-5(4-8)6(10)7(9)11/h5H,2-3H2,1H3. The fraction of sp³-hybridized carbons (Fsp3) is 0.571. The maximum atomic E-state index is 11.0. The van der Waals surface area contributed by atoms with Crippen molar-refractivity contribution in [2.24, 2.45) is 5.92 Å². The minimum absolute atomic E-state index is 0.470. The third-order valence-corrected chi connectivity index (χ3v) is 1.78. The molecule has 1 saturated heterocycles. The molecule has 0 aromatic carbocycles. The van der Waals surface area contributed by atoms with Gasteiger partial charge in [0.25, 0.3) is 5.91 Å². The molecule has 0 aromatic rings. The van der Waals surface area contributed by atoms with Crippen molar-refractivity contribution in [3.63, 3.8) is 0 Å². The van der Waals surface area contributed by atoms with Crippen molar-refractivity contribution in [1.29, 1.82) is 5.26 Å². The third kappa shape index (κ3) is 1.22. The van der Waals surface area contributed by atoms with Crippen LogP contribution in [0.25, 0.3) is 0 Å². The van der Waals surface area contributed by atoms with Gasteiger partial charge >= 0.3 is 0 Å². The van der Waals surface area contributed by atoms with Gasteiger partial charge < -0.3 is 4.90 Å². The maximum absolute atomic E-state index is 11.0. The molecule has 1 heterocycles. The van der Waals surface area contributed by atoms with E-state index in [1.807, 2.05) is 6.07 Å². The van der Waals surface area contributed by atoms with Crippen LogP contribution in [-0.4, -0.2) is 30.2 Å². The summed E-state index contributed by atoms with van der Waals surface area (Å²) >= 11 is 0. The van der Waals surface area contributed by atoms with Crippen molar-refractivity contribution in [3.8, 4) is 6.07 Å². The lowest BCUT2D eigenvalue weighted by atomic mass is 9.97. The number of Topliss-reactive ketones (excluding diaryl/α,β-unsaturated/α-hetero) is 1. The van der Waals surface area contributed by atoms with Crippen LogP contribution in [0.2, 0.25) is 0 Å². The van der Waals surface area contributed by atoms with Gasteiger partial charge in [0, 0.05) is 13.6 Å². The summed E-state index contributed by atoms with van der Waals surface area (Å²) in [6.45, 7) is 0.503. The van der Waals surface area contributed by atoms with Gasteiger partial charge in [-0.2, -0.15) is 5.26 Å². The third-order valence-electron chi connectivity index (χ3n) is 1.78. The Kier molecular flexibility index (Phi) is 1.90. The predicted octanol–water partition coefficient (Wildman–Crippen LogP) is -0.443. The number of rotatable bonds is 0. The molecular formula is C7H8N2O2. The number of likely N-dealkylation sites (tertiary alicyclic amines) is 1. The van der Waals surface area contributed by atoms with Crippen LogP contribution in [0.3, 0.4) is 0 Å². The number of nitriles is 1. The fourth-order valence-corrected chi connectivity index (χ4v) is 1.02. The first-order valence-electron chi connectivity index (χ1n) is 3.35. The number of hydrogen-bond donors (Lipinski definition) is 0. The van der Waals surface area contributed by atoms with Gasteiger partial charge in [0.05, 0.1) is 6.07 Å². The number of piperidine rings is 1. The first kappa shape index (κ1) is 7.73. The van der Waals surface area contributed by atoms with E-state index in [9.17, 15) is 9.59 Å². The summed E-state index contributed by atoms with van der Waals surface area (Å²) in [7, 11) is 1.56. The molecule has 0 saturated carbocycles. The molecule has 4 nitrogen and oxygen atoms in total. The van der Waals surface area contributed by atoms with Gasteiger partial charge in [0.2, 0.25) is 5.78 Å². The molecule has 0 aromatic heterocycles. The van der Waals surface area contributed by atoms with Crippen molar-refractivity contribution in [1.82, 2.24) is 4.90 Å². The Labute approximate surface area is 64.4 Å². The second-order valence-electron chi connectivity index (χ2n) is 2.56. The molecule has 1 amide bonds. The molecule has 1 aliphatic rings. The summed E-state index contributed by atoms with van der Waals surface area (Å²) in [5.74, 6) is -1.82. The Balaban J connectivity index is 2.77. The van der Waals surface area contributed by atoms with Gasteiger partial charge in [-0.05, 0) is 6.42 Å². The van der Waals surface area contributed by atoms with Crippen LogP contribution in [0.1, 0.15) is 6.42 Å². The topological polar surface area (TPSA) is 61.2 Å². The zero-order chi connectivity index (χ0) is 8.43. The number of amides is 1. The van der Waals surface area contributed by atoms with Gasteiger partial charge in [-0.15, -0.1) is 0 Å². The van der Waals surface area contributed by atoms with Crippen LogP contribution >= 0.6 is 0 Å². The minimum atomic E-state index is -0.710. The highest BCUT2D eigenvalue weighted by atomic mass is 16.2. The van der Waals surface area contributed by atoms with E-state index in [4.69, 9.17) is 5.26 Å². The van der Waals surface area contributed by atoms with Gasteiger partial charge in [-0.25, -0.2) is 0 Å². The lowest BCUT2D eigenvalue weighted by Gasteiger charge is -2.23. The average Bonchev–Trinajstić information content (AvgIpc) is 2.01. The highest BCUT2D eigenvalue weighted by Gasteiger charge is 2.32. The van der Waals surface area contributed by atoms with Gasteiger partial charge in [0.15, 0.2) is 0 Å². The minimum Gasteiger partial charge on any atom is -0.339 e. The van der Waals surface area contributed by atoms with Crippen LogP contribution < -0.4 is 0 Å². The first-order chi connectivity index (χ1) is 5.16. The number of carbonyl (C=O) groups excluding carboxylic acids is 2. The average molecular weight is 152 g/mol.